The minimum Gasteiger partial charge on any atom is -0.369 e. The molecule has 0 unspecified atom stereocenters. The highest BCUT2D eigenvalue weighted by Crippen LogP contribution is 2.23. The molecule has 1 aromatic carbocycles. The molecular formula is C18H20ClFN4O. The van der Waals surface area contributed by atoms with Crippen molar-refractivity contribution >= 4 is 28.9 Å². The van der Waals surface area contributed by atoms with E-state index in [9.17, 15) is 9.18 Å². The third kappa shape index (κ3) is 4.90. The number of carbonyl (C=O) groups is 1. The predicted octanol–water partition coefficient (Wildman–Crippen LogP) is 3.02. The molecule has 0 atom stereocenters. The van der Waals surface area contributed by atoms with E-state index in [1.807, 2.05) is 6.07 Å². The molecule has 7 heteroatoms. The zero-order valence-corrected chi connectivity index (χ0v) is 14.5. The van der Waals surface area contributed by atoms with E-state index in [4.69, 9.17) is 11.6 Å². The van der Waals surface area contributed by atoms with E-state index >= 15 is 0 Å². The van der Waals surface area contributed by atoms with Crippen molar-refractivity contribution in [1.82, 2.24) is 9.88 Å². The fraction of sp³-hybridized carbons (Fsp3) is 0.333. The summed E-state index contributed by atoms with van der Waals surface area (Å²) in [4.78, 5) is 20.4. The molecule has 0 radical (unpaired) electrons. The molecule has 1 amide bonds. The second kappa shape index (κ2) is 8.27. The Labute approximate surface area is 151 Å². The van der Waals surface area contributed by atoms with Crippen molar-refractivity contribution in [1.29, 1.82) is 0 Å². The zero-order chi connectivity index (χ0) is 17.6. The number of hydrogen-bond donors (Lipinski definition) is 1. The number of anilines is 2. The Kier molecular flexibility index (Phi) is 5.83. The molecule has 0 aliphatic carbocycles. The number of nitrogens with one attached hydrogen (secondary N) is 1. The van der Waals surface area contributed by atoms with Gasteiger partial charge in [0.05, 0.1) is 16.9 Å². The van der Waals surface area contributed by atoms with Gasteiger partial charge in [0.15, 0.2) is 0 Å². The largest absolute Gasteiger partial charge is 0.369 e. The Morgan fingerprint density at radius 3 is 2.72 bits per heavy atom. The van der Waals surface area contributed by atoms with E-state index in [0.29, 0.717) is 18.7 Å². The van der Waals surface area contributed by atoms with Crippen molar-refractivity contribution in [2.75, 3.05) is 42.9 Å². The van der Waals surface area contributed by atoms with Crippen molar-refractivity contribution in [2.45, 2.75) is 6.42 Å². The number of rotatable bonds is 5. The van der Waals surface area contributed by atoms with E-state index in [2.05, 4.69) is 20.1 Å². The molecule has 3 rings (SSSR count). The lowest BCUT2D eigenvalue weighted by atomic mass is 10.2. The molecule has 5 nitrogen and oxygen atoms in total. The van der Waals surface area contributed by atoms with Crippen LogP contribution in [-0.4, -0.2) is 48.5 Å². The summed E-state index contributed by atoms with van der Waals surface area (Å²) in [5.74, 6) is -0.413. The van der Waals surface area contributed by atoms with Gasteiger partial charge in [0.2, 0.25) is 5.91 Å². The molecule has 0 saturated carbocycles. The minimum atomic E-state index is -0.399. The van der Waals surface area contributed by atoms with Crippen LogP contribution < -0.4 is 10.2 Å². The number of hydrogen-bond acceptors (Lipinski definition) is 4. The normalized spacial score (nSPS) is 15.2. The van der Waals surface area contributed by atoms with Gasteiger partial charge in [-0.15, -0.1) is 0 Å². The highest BCUT2D eigenvalue weighted by molar-refractivity contribution is 6.31. The Bertz CT molecular complexity index is 720. The lowest BCUT2D eigenvalue weighted by Gasteiger charge is -2.36. The standard InChI is InChI=1S/C18H20ClFN4O/c19-16-12-15(3-4-17(16)20)24-10-8-23(9-11-24)7-5-18(25)22-14-2-1-6-21-13-14/h1-4,6,12-13H,5,7-11H2,(H,22,25). The number of carbonyl (C=O) groups excluding carboxylic acids is 1. The van der Waals surface area contributed by atoms with E-state index in [0.717, 1.165) is 31.9 Å². The summed E-state index contributed by atoms with van der Waals surface area (Å²) in [5.41, 5.74) is 1.64. The summed E-state index contributed by atoms with van der Waals surface area (Å²) in [6.45, 7) is 4.08. The van der Waals surface area contributed by atoms with Crippen LogP contribution in [-0.2, 0) is 4.79 Å². The number of benzene rings is 1. The monoisotopic (exact) mass is 362 g/mol. The van der Waals surface area contributed by atoms with Gasteiger partial charge in [-0.25, -0.2) is 4.39 Å². The first-order valence-electron chi connectivity index (χ1n) is 8.24. The maximum atomic E-state index is 13.3. The molecule has 132 valence electrons. The van der Waals surface area contributed by atoms with Crippen LogP contribution in [0.25, 0.3) is 0 Å². The number of amides is 1. The Hall–Kier alpha value is -2.18. The van der Waals surface area contributed by atoms with Gasteiger partial charge in [-0.2, -0.15) is 0 Å². The summed E-state index contributed by atoms with van der Waals surface area (Å²) in [7, 11) is 0. The van der Waals surface area contributed by atoms with Gasteiger partial charge in [0.1, 0.15) is 5.82 Å². The van der Waals surface area contributed by atoms with Crippen molar-refractivity contribution in [3.8, 4) is 0 Å². The van der Waals surface area contributed by atoms with Gasteiger partial charge in [0.25, 0.3) is 0 Å². The minimum absolute atomic E-state index is 0.0132. The molecule has 0 bridgehead atoms. The molecule has 2 heterocycles. The van der Waals surface area contributed by atoms with Crippen LogP contribution in [0.3, 0.4) is 0 Å². The first-order chi connectivity index (χ1) is 12.1. The second-order valence-electron chi connectivity index (χ2n) is 5.97. The Morgan fingerprint density at radius 1 is 1.24 bits per heavy atom. The summed E-state index contributed by atoms with van der Waals surface area (Å²) in [5, 5.41) is 2.98. The topological polar surface area (TPSA) is 48.5 Å². The average molecular weight is 363 g/mol. The van der Waals surface area contributed by atoms with E-state index in [1.165, 1.54) is 6.07 Å². The Morgan fingerprint density at radius 2 is 2.04 bits per heavy atom. The van der Waals surface area contributed by atoms with Crippen LogP contribution in [0.15, 0.2) is 42.7 Å². The van der Waals surface area contributed by atoms with E-state index in [1.54, 1.807) is 30.6 Å². The van der Waals surface area contributed by atoms with Crippen molar-refractivity contribution in [2.24, 2.45) is 0 Å². The first-order valence-corrected chi connectivity index (χ1v) is 8.62. The molecular weight excluding hydrogens is 343 g/mol. The van der Waals surface area contributed by atoms with Crippen LogP contribution in [0.5, 0.6) is 0 Å². The highest BCUT2D eigenvalue weighted by atomic mass is 35.5. The number of aromatic nitrogens is 1. The third-order valence-corrected chi connectivity index (χ3v) is 4.53. The van der Waals surface area contributed by atoms with Crippen LogP contribution in [0, 0.1) is 5.82 Å². The van der Waals surface area contributed by atoms with Gasteiger partial charge in [-0.05, 0) is 30.3 Å². The summed E-state index contributed by atoms with van der Waals surface area (Å²) in [6, 6.07) is 8.41. The lowest BCUT2D eigenvalue weighted by molar-refractivity contribution is -0.116. The quantitative estimate of drug-likeness (QED) is 0.888. The fourth-order valence-electron chi connectivity index (χ4n) is 2.83. The first kappa shape index (κ1) is 17.6. The van der Waals surface area contributed by atoms with Gasteiger partial charge < -0.3 is 10.2 Å². The number of piperazine rings is 1. The van der Waals surface area contributed by atoms with Crippen molar-refractivity contribution in [3.05, 3.63) is 53.6 Å². The van der Waals surface area contributed by atoms with Crippen LogP contribution in [0.4, 0.5) is 15.8 Å². The van der Waals surface area contributed by atoms with Gasteiger partial charge >= 0.3 is 0 Å². The lowest BCUT2D eigenvalue weighted by Crippen LogP contribution is -2.47. The number of nitrogens with zero attached hydrogens (tertiary/aromatic N) is 3. The average Bonchev–Trinajstić information content (AvgIpc) is 2.64. The molecule has 1 aliphatic heterocycles. The number of pyridine rings is 1. The second-order valence-corrected chi connectivity index (χ2v) is 6.37. The smallest absolute Gasteiger partial charge is 0.225 e. The van der Waals surface area contributed by atoms with Crippen LogP contribution >= 0.6 is 11.6 Å². The molecule has 1 aliphatic rings. The Balaban J connectivity index is 1.43. The van der Waals surface area contributed by atoms with Gasteiger partial charge in [0, 0.05) is 51.0 Å². The van der Waals surface area contributed by atoms with Crippen molar-refractivity contribution < 1.29 is 9.18 Å². The highest BCUT2D eigenvalue weighted by Gasteiger charge is 2.18. The van der Waals surface area contributed by atoms with Gasteiger partial charge in [-0.1, -0.05) is 11.6 Å². The molecule has 0 spiro atoms. The molecule has 1 aromatic heterocycles. The summed E-state index contributed by atoms with van der Waals surface area (Å²) < 4.78 is 13.3. The fourth-order valence-corrected chi connectivity index (χ4v) is 3.01. The molecule has 1 fully saturated rings. The maximum absolute atomic E-state index is 13.3. The summed E-state index contributed by atoms with van der Waals surface area (Å²) >= 11 is 5.85. The molecule has 2 aromatic rings. The van der Waals surface area contributed by atoms with Crippen molar-refractivity contribution in [3.63, 3.8) is 0 Å². The molecule has 1 saturated heterocycles. The summed E-state index contributed by atoms with van der Waals surface area (Å²) in [6.07, 6.45) is 3.74. The molecule has 25 heavy (non-hydrogen) atoms. The van der Waals surface area contributed by atoms with Crippen LogP contribution in [0.2, 0.25) is 5.02 Å². The van der Waals surface area contributed by atoms with Gasteiger partial charge in [-0.3, -0.25) is 14.7 Å². The SMILES string of the molecule is O=C(CCN1CCN(c2ccc(F)c(Cl)c2)CC1)Nc1cccnc1. The zero-order valence-electron chi connectivity index (χ0n) is 13.8. The van der Waals surface area contributed by atoms with E-state index in [-0.39, 0.29) is 10.9 Å². The third-order valence-electron chi connectivity index (χ3n) is 4.24. The predicted molar refractivity (Wildman–Crippen MR) is 97.5 cm³/mol. The maximum Gasteiger partial charge on any atom is 0.225 e. The number of halogens is 2. The van der Waals surface area contributed by atoms with E-state index < -0.39 is 5.82 Å². The molecule has 1 N–H and O–H groups in total. The van der Waals surface area contributed by atoms with Crippen LogP contribution in [0.1, 0.15) is 6.42 Å².